The Balaban J connectivity index is 1.37. The third kappa shape index (κ3) is 4.25. The van der Waals surface area contributed by atoms with Gasteiger partial charge in [0.25, 0.3) is 5.91 Å². The van der Waals surface area contributed by atoms with Crippen LogP contribution in [0.5, 0.6) is 0 Å². The molecule has 31 heavy (non-hydrogen) atoms. The molecule has 3 heterocycles. The molecular weight excluding hydrogens is 456 g/mol. The molecular formula is C20H19Cl2F3N4O2. The molecule has 1 aromatic heterocycles. The largest absolute Gasteiger partial charge is 0.436 e. The van der Waals surface area contributed by atoms with E-state index in [2.05, 4.69) is 5.10 Å². The Bertz CT molecular complexity index is 1010. The number of rotatable bonds is 3. The third-order valence-corrected chi connectivity index (χ3v) is 6.61. The highest BCUT2D eigenvalue weighted by Gasteiger charge is 2.43. The van der Waals surface area contributed by atoms with E-state index in [1.165, 1.54) is 6.92 Å². The molecule has 2 fully saturated rings. The highest BCUT2D eigenvalue weighted by molar-refractivity contribution is 6.32. The van der Waals surface area contributed by atoms with Crippen LogP contribution in [0.2, 0.25) is 10.0 Å². The Kier molecular flexibility index (Phi) is 5.68. The van der Waals surface area contributed by atoms with Crippen molar-refractivity contribution < 1.29 is 22.8 Å². The van der Waals surface area contributed by atoms with E-state index in [0.717, 1.165) is 4.68 Å². The summed E-state index contributed by atoms with van der Waals surface area (Å²) < 4.78 is 40.0. The predicted octanol–water partition coefficient (Wildman–Crippen LogP) is 3.75. The standard InChI is InChI=1S/C20H19Cl2F3N4O2/c1-11-17(22)18(20(23,24)25)26-29(11)10-16(30)27-6-13-8-28(9-14(13)7-27)19(31)12-2-4-15(21)5-3-12/h2-5,13-14H,6-10H2,1H3. The maximum Gasteiger partial charge on any atom is 0.436 e. The number of fused-ring (bicyclic) bond motifs is 1. The molecule has 2 atom stereocenters. The average Bonchev–Trinajstić information content (AvgIpc) is 3.35. The lowest BCUT2D eigenvalue weighted by Crippen LogP contribution is -2.37. The van der Waals surface area contributed by atoms with Crippen molar-refractivity contribution in [3.05, 3.63) is 51.3 Å². The van der Waals surface area contributed by atoms with E-state index in [4.69, 9.17) is 23.2 Å². The smallest absolute Gasteiger partial charge is 0.340 e. The molecule has 2 aliphatic heterocycles. The van der Waals surface area contributed by atoms with Gasteiger partial charge in [-0.15, -0.1) is 0 Å². The monoisotopic (exact) mass is 474 g/mol. The molecule has 1 aromatic carbocycles. The van der Waals surface area contributed by atoms with Crippen LogP contribution in [0.15, 0.2) is 24.3 Å². The van der Waals surface area contributed by atoms with Crippen molar-refractivity contribution in [1.82, 2.24) is 19.6 Å². The van der Waals surface area contributed by atoms with Crippen molar-refractivity contribution in [2.24, 2.45) is 11.8 Å². The zero-order chi connectivity index (χ0) is 22.5. The SMILES string of the molecule is Cc1c(Cl)c(C(F)(F)F)nn1CC(=O)N1CC2CN(C(=O)c3ccc(Cl)cc3)CC2C1. The minimum absolute atomic E-state index is 0.0783. The molecule has 2 saturated heterocycles. The Hall–Kier alpha value is -2.26. The minimum atomic E-state index is -4.68. The Labute approximate surface area is 186 Å². The fourth-order valence-corrected chi connectivity index (χ4v) is 4.59. The molecule has 0 aliphatic carbocycles. The first-order valence-electron chi connectivity index (χ1n) is 9.67. The number of benzene rings is 1. The molecule has 2 unspecified atom stereocenters. The molecule has 2 aromatic rings. The van der Waals surface area contributed by atoms with Gasteiger partial charge in [-0.05, 0) is 31.2 Å². The molecule has 166 valence electrons. The predicted molar refractivity (Wildman–Crippen MR) is 108 cm³/mol. The van der Waals surface area contributed by atoms with Gasteiger partial charge in [-0.25, -0.2) is 0 Å². The average molecular weight is 475 g/mol. The second-order valence-electron chi connectivity index (χ2n) is 7.94. The van der Waals surface area contributed by atoms with Gasteiger partial charge in [-0.1, -0.05) is 23.2 Å². The molecule has 0 bridgehead atoms. The summed E-state index contributed by atoms with van der Waals surface area (Å²) in [7, 11) is 0. The fraction of sp³-hybridized carbons (Fsp3) is 0.450. The van der Waals surface area contributed by atoms with E-state index in [-0.39, 0.29) is 35.9 Å². The number of alkyl halides is 3. The van der Waals surface area contributed by atoms with E-state index >= 15 is 0 Å². The zero-order valence-corrected chi connectivity index (χ0v) is 18.0. The highest BCUT2D eigenvalue weighted by atomic mass is 35.5. The second-order valence-corrected chi connectivity index (χ2v) is 8.75. The van der Waals surface area contributed by atoms with Crippen LogP contribution in [-0.4, -0.2) is 57.6 Å². The molecule has 2 amide bonds. The summed E-state index contributed by atoms with van der Waals surface area (Å²) in [5, 5.41) is 3.55. The molecule has 4 rings (SSSR count). The van der Waals surface area contributed by atoms with Gasteiger partial charge in [0.05, 0.1) is 10.7 Å². The van der Waals surface area contributed by atoms with Crippen LogP contribution in [0.3, 0.4) is 0 Å². The van der Waals surface area contributed by atoms with Gasteiger partial charge in [0.2, 0.25) is 5.91 Å². The van der Waals surface area contributed by atoms with E-state index in [0.29, 0.717) is 36.8 Å². The number of carbonyl (C=O) groups is 2. The van der Waals surface area contributed by atoms with Gasteiger partial charge in [0.1, 0.15) is 6.54 Å². The van der Waals surface area contributed by atoms with E-state index in [9.17, 15) is 22.8 Å². The van der Waals surface area contributed by atoms with Gasteiger partial charge < -0.3 is 9.80 Å². The van der Waals surface area contributed by atoms with E-state index < -0.39 is 16.9 Å². The van der Waals surface area contributed by atoms with Crippen molar-refractivity contribution in [2.45, 2.75) is 19.6 Å². The minimum Gasteiger partial charge on any atom is -0.340 e. The van der Waals surface area contributed by atoms with Gasteiger partial charge in [0.15, 0.2) is 5.69 Å². The Morgan fingerprint density at radius 1 is 1.03 bits per heavy atom. The van der Waals surface area contributed by atoms with E-state index in [1.807, 2.05) is 0 Å². The zero-order valence-electron chi connectivity index (χ0n) is 16.5. The second kappa shape index (κ2) is 8.02. The van der Waals surface area contributed by atoms with Gasteiger partial charge >= 0.3 is 6.18 Å². The first-order valence-corrected chi connectivity index (χ1v) is 10.4. The number of halogens is 5. The molecule has 6 nitrogen and oxygen atoms in total. The van der Waals surface area contributed by atoms with Crippen LogP contribution in [0.1, 0.15) is 21.7 Å². The van der Waals surface area contributed by atoms with Crippen molar-refractivity contribution >= 4 is 35.0 Å². The number of aromatic nitrogens is 2. The highest BCUT2D eigenvalue weighted by Crippen LogP contribution is 2.36. The number of nitrogens with zero attached hydrogens (tertiary/aromatic N) is 4. The number of likely N-dealkylation sites (tertiary alicyclic amines) is 2. The third-order valence-electron chi connectivity index (χ3n) is 5.90. The van der Waals surface area contributed by atoms with Crippen LogP contribution >= 0.6 is 23.2 Å². The lowest BCUT2D eigenvalue weighted by atomic mass is 10.0. The van der Waals surface area contributed by atoms with E-state index in [1.54, 1.807) is 34.1 Å². The topological polar surface area (TPSA) is 58.4 Å². The summed E-state index contributed by atoms with van der Waals surface area (Å²) in [5.41, 5.74) is -0.528. The number of carbonyl (C=O) groups excluding carboxylic acids is 2. The van der Waals surface area contributed by atoms with Crippen molar-refractivity contribution in [3.63, 3.8) is 0 Å². The van der Waals surface area contributed by atoms with Gasteiger partial charge in [0, 0.05) is 48.6 Å². The molecule has 11 heteroatoms. The summed E-state index contributed by atoms with van der Waals surface area (Å²) in [5.74, 6) is -0.132. The lowest BCUT2D eigenvalue weighted by molar-refractivity contribution is -0.142. The normalized spacial score (nSPS) is 21.0. The fourth-order valence-electron chi connectivity index (χ4n) is 4.23. The molecule has 0 spiro atoms. The summed E-state index contributed by atoms with van der Waals surface area (Å²) in [6.07, 6.45) is -4.68. The number of hydrogen-bond acceptors (Lipinski definition) is 3. The molecule has 0 saturated carbocycles. The summed E-state index contributed by atoms with van der Waals surface area (Å²) in [4.78, 5) is 28.8. The summed E-state index contributed by atoms with van der Waals surface area (Å²) >= 11 is 11.6. The van der Waals surface area contributed by atoms with Crippen LogP contribution in [0.4, 0.5) is 13.2 Å². The van der Waals surface area contributed by atoms with Crippen molar-refractivity contribution in [3.8, 4) is 0 Å². The number of hydrogen-bond donors (Lipinski definition) is 0. The van der Waals surface area contributed by atoms with Crippen molar-refractivity contribution in [1.29, 1.82) is 0 Å². The van der Waals surface area contributed by atoms with Crippen molar-refractivity contribution in [2.75, 3.05) is 26.2 Å². The summed E-state index contributed by atoms with van der Waals surface area (Å²) in [6.45, 7) is 3.05. The van der Waals surface area contributed by atoms with Crippen LogP contribution in [0.25, 0.3) is 0 Å². The van der Waals surface area contributed by atoms with Gasteiger partial charge in [-0.3, -0.25) is 14.3 Å². The Morgan fingerprint density at radius 2 is 1.58 bits per heavy atom. The van der Waals surface area contributed by atoms with Crippen LogP contribution in [-0.2, 0) is 17.5 Å². The lowest BCUT2D eigenvalue weighted by Gasteiger charge is -2.22. The molecule has 0 N–H and O–H groups in total. The molecule has 2 aliphatic rings. The summed E-state index contributed by atoms with van der Waals surface area (Å²) in [6, 6.07) is 6.70. The quantitative estimate of drug-likeness (QED) is 0.680. The first kappa shape index (κ1) is 22.0. The first-order chi connectivity index (χ1) is 14.5. The number of amides is 2. The maximum atomic E-state index is 13.0. The molecule has 0 radical (unpaired) electrons. The maximum absolute atomic E-state index is 13.0. The van der Waals surface area contributed by atoms with Gasteiger partial charge in [-0.2, -0.15) is 18.3 Å². The van der Waals surface area contributed by atoms with Crippen LogP contribution < -0.4 is 0 Å². The van der Waals surface area contributed by atoms with Crippen LogP contribution in [0, 0.1) is 18.8 Å². The Morgan fingerprint density at radius 3 is 2.10 bits per heavy atom.